The highest BCUT2D eigenvalue weighted by atomic mass is 35.5. The van der Waals surface area contributed by atoms with Gasteiger partial charge in [0.05, 0.1) is 27.1 Å². The van der Waals surface area contributed by atoms with E-state index in [0.29, 0.717) is 6.42 Å². The minimum absolute atomic E-state index is 0.0208. The van der Waals surface area contributed by atoms with Crippen molar-refractivity contribution in [2.45, 2.75) is 32.5 Å². The van der Waals surface area contributed by atoms with Gasteiger partial charge in [0.2, 0.25) is 11.2 Å². The molecule has 0 fully saturated rings. The van der Waals surface area contributed by atoms with Gasteiger partial charge in [-0.1, -0.05) is 30.7 Å². The fraction of sp³-hybridized carbons (Fsp3) is 0.172. The Bertz CT molecular complexity index is 1800. The van der Waals surface area contributed by atoms with Crippen molar-refractivity contribution in [3.63, 3.8) is 0 Å². The van der Waals surface area contributed by atoms with Gasteiger partial charge in [0.25, 0.3) is 17.6 Å². The third kappa shape index (κ3) is 5.04. The smallest absolute Gasteiger partial charge is 0.448 e. The minimum Gasteiger partial charge on any atom is -0.448 e. The standard InChI is InChI=1S/C29H19ClF3NO7/c1-3-14(2)34-26(36)17-10-8-15(12-19(17)27(34)37)28(38)39-16-9-11-18-22(13-16)41-25(29(31,32)33)24(23(18)35)40-21-7-5-4-6-20(21)30/h4-14H,3H2,1-2H3. The van der Waals surface area contributed by atoms with Crippen molar-refractivity contribution in [1.29, 1.82) is 0 Å². The number of para-hydroxylation sites is 1. The fourth-order valence-corrected chi connectivity index (χ4v) is 4.45. The molecule has 12 heteroatoms. The van der Waals surface area contributed by atoms with Gasteiger partial charge in [0.15, 0.2) is 0 Å². The van der Waals surface area contributed by atoms with Crippen LogP contribution in [0.15, 0.2) is 69.9 Å². The van der Waals surface area contributed by atoms with Crippen LogP contribution in [0.4, 0.5) is 13.2 Å². The third-order valence-corrected chi connectivity index (χ3v) is 6.84. The van der Waals surface area contributed by atoms with Crippen molar-refractivity contribution < 1.29 is 41.4 Å². The normalized spacial score (nSPS) is 13.9. The van der Waals surface area contributed by atoms with E-state index >= 15 is 0 Å². The summed E-state index contributed by atoms with van der Waals surface area (Å²) in [5.74, 6) is -5.19. The van der Waals surface area contributed by atoms with Crippen LogP contribution in [-0.2, 0) is 6.18 Å². The maximum Gasteiger partial charge on any atom is 0.453 e. The van der Waals surface area contributed by atoms with E-state index in [-0.39, 0.29) is 44.6 Å². The van der Waals surface area contributed by atoms with Crippen LogP contribution in [-0.4, -0.2) is 28.7 Å². The molecule has 0 N–H and O–H groups in total. The van der Waals surface area contributed by atoms with Crippen LogP contribution >= 0.6 is 11.6 Å². The van der Waals surface area contributed by atoms with Crippen molar-refractivity contribution in [2.24, 2.45) is 0 Å². The molecule has 8 nitrogen and oxygen atoms in total. The quantitative estimate of drug-likeness (QED) is 0.138. The zero-order valence-electron chi connectivity index (χ0n) is 21.4. The number of rotatable bonds is 6. The third-order valence-electron chi connectivity index (χ3n) is 6.52. The van der Waals surface area contributed by atoms with Gasteiger partial charge in [-0.15, -0.1) is 0 Å². The second kappa shape index (κ2) is 10.4. The number of fused-ring (bicyclic) bond motifs is 2. The summed E-state index contributed by atoms with van der Waals surface area (Å²) in [5.41, 5.74) is -1.53. The van der Waals surface area contributed by atoms with Gasteiger partial charge in [0, 0.05) is 12.1 Å². The lowest BCUT2D eigenvalue weighted by Gasteiger charge is -2.20. The summed E-state index contributed by atoms with van der Waals surface area (Å²) in [4.78, 5) is 52.4. The molecule has 0 saturated heterocycles. The summed E-state index contributed by atoms with van der Waals surface area (Å²) in [6.45, 7) is 3.55. The minimum atomic E-state index is -5.12. The van der Waals surface area contributed by atoms with Gasteiger partial charge in [-0.2, -0.15) is 13.2 Å². The molecule has 1 unspecified atom stereocenters. The summed E-state index contributed by atoms with van der Waals surface area (Å²) >= 11 is 5.98. The molecule has 1 atom stereocenters. The molecule has 2 amide bonds. The summed E-state index contributed by atoms with van der Waals surface area (Å²) in [7, 11) is 0. The highest BCUT2D eigenvalue weighted by Gasteiger charge is 2.41. The molecular weight excluding hydrogens is 567 g/mol. The van der Waals surface area contributed by atoms with E-state index in [4.69, 9.17) is 25.5 Å². The van der Waals surface area contributed by atoms with Crippen LogP contribution in [0.2, 0.25) is 5.02 Å². The monoisotopic (exact) mass is 585 g/mol. The Hall–Kier alpha value is -4.64. The lowest BCUT2D eigenvalue weighted by atomic mass is 10.1. The van der Waals surface area contributed by atoms with E-state index in [2.05, 4.69) is 0 Å². The zero-order valence-corrected chi connectivity index (χ0v) is 22.1. The van der Waals surface area contributed by atoms with E-state index < -0.39 is 46.5 Å². The molecule has 2 heterocycles. The summed E-state index contributed by atoms with van der Waals surface area (Å²) in [6, 6.07) is 12.5. The maximum absolute atomic E-state index is 13.9. The number of nitrogens with zero attached hydrogens (tertiary/aromatic N) is 1. The number of benzene rings is 3. The van der Waals surface area contributed by atoms with E-state index in [1.165, 1.54) is 48.5 Å². The first-order valence-corrected chi connectivity index (χ1v) is 12.6. The molecule has 0 radical (unpaired) electrons. The van der Waals surface area contributed by atoms with Gasteiger partial charge < -0.3 is 13.9 Å². The van der Waals surface area contributed by atoms with E-state index in [9.17, 15) is 32.3 Å². The van der Waals surface area contributed by atoms with Crippen LogP contribution in [0.5, 0.6) is 17.2 Å². The van der Waals surface area contributed by atoms with Crippen LogP contribution in [0.3, 0.4) is 0 Å². The van der Waals surface area contributed by atoms with Crippen molar-refractivity contribution in [1.82, 2.24) is 4.90 Å². The van der Waals surface area contributed by atoms with Gasteiger partial charge in [-0.05, 0) is 55.8 Å². The van der Waals surface area contributed by atoms with Gasteiger partial charge in [0.1, 0.15) is 17.1 Å². The molecule has 5 rings (SSSR count). The number of carbonyl (C=O) groups is 3. The highest BCUT2D eigenvalue weighted by Crippen LogP contribution is 2.40. The van der Waals surface area contributed by atoms with Crippen LogP contribution in [0.1, 0.15) is 57.1 Å². The number of hydrogen-bond acceptors (Lipinski definition) is 7. The number of amides is 2. The van der Waals surface area contributed by atoms with Crippen LogP contribution in [0.25, 0.3) is 11.0 Å². The predicted molar refractivity (Wildman–Crippen MR) is 141 cm³/mol. The SMILES string of the molecule is CCC(C)N1C(=O)c2ccc(C(=O)Oc3ccc4c(=O)c(Oc5ccccc5Cl)c(C(F)(F)F)oc4c3)cc2C1=O. The van der Waals surface area contributed by atoms with Gasteiger partial charge in [-0.25, -0.2) is 4.79 Å². The van der Waals surface area contributed by atoms with E-state index in [1.807, 2.05) is 6.92 Å². The molecule has 0 bridgehead atoms. The molecule has 210 valence electrons. The van der Waals surface area contributed by atoms with Crippen molar-refractivity contribution in [2.75, 3.05) is 0 Å². The molecule has 3 aromatic carbocycles. The van der Waals surface area contributed by atoms with E-state index in [1.54, 1.807) is 6.92 Å². The first-order valence-electron chi connectivity index (χ1n) is 12.2. The summed E-state index contributed by atoms with van der Waals surface area (Å²) in [5, 5.41) is -0.292. The molecule has 1 aliphatic rings. The van der Waals surface area contributed by atoms with Crippen molar-refractivity contribution in [3.8, 4) is 17.2 Å². The predicted octanol–water partition coefficient (Wildman–Crippen LogP) is 6.87. The first kappa shape index (κ1) is 27.9. The lowest BCUT2D eigenvalue weighted by Crippen LogP contribution is -2.37. The molecule has 0 saturated carbocycles. The molecule has 1 aromatic heterocycles. The topological polar surface area (TPSA) is 103 Å². The van der Waals surface area contributed by atoms with Crippen molar-refractivity contribution in [3.05, 3.63) is 98.4 Å². The number of alkyl halides is 3. The number of carbonyl (C=O) groups excluding carboxylic acids is 3. The Morgan fingerprint density at radius 1 is 1.00 bits per heavy atom. The van der Waals surface area contributed by atoms with Crippen LogP contribution in [0, 0.1) is 0 Å². The average molecular weight is 586 g/mol. The Morgan fingerprint density at radius 2 is 1.71 bits per heavy atom. The second-order valence-electron chi connectivity index (χ2n) is 9.17. The Kier molecular flexibility index (Phi) is 7.08. The fourth-order valence-electron chi connectivity index (χ4n) is 4.27. The maximum atomic E-state index is 13.9. The number of halogens is 4. The number of imide groups is 1. The van der Waals surface area contributed by atoms with Crippen molar-refractivity contribution >= 4 is 40.4 Å². The largest absolute Gasteiger partial charge is 0.453 e. The summed E-state index contributed by atoms with van der Waals surface area (Å²) in [6.07, 6.45) is -4.57. The van der Waals surface area contributed by atoms with E-state index in [0.717, 1.165) is 17.0 Å². The van der Waals surface area contributed by atoms with Gasteiger partial charge in [-0.3, -0.25) is 19.3 Å². The Morgan fingerprint density at radius 3 is 2.39 bits per heavy atom. The summed E-state index contributed by atoms with van der Waals surface area (Å²) < 4.78 is 57.2. The van der Waals surface area contributed by atoms with Gasteiger partial charge >= 0.3 is 12.1 Å². The molecule has 1 aliphatic heterocycles. The molecule has 0 aliphatic carbocycles. The highest BCUT2D eigenvalue weighted by molar-refractivity contribution is 6.32. The molecule has 0 spiro atoms. The number of ether oxygens (including phenoxy) is 2. The van der Waals surface area contributed by atoms with Crippen LogP contribution < -0.4 is 14.9 Å². The first-order chi connectivity index (χ1) is 19.4. The Balaban J connectivity index is 1.47. The molecule has 41 heavy (non-hydrogen) atoms. The Labute approximate surface area is 234 Å². The average Bonchev–Trinajstić information content (AvgIpc) is 3.19. The second-order valence-corrected chi connectivity index (χ2v) is 9.57. The number of esters is 1. The lowest BCUT2D eigenvalue weighted by molar-refractivity contribution is -0.154. The zero-order chi connectivity index (χ0) is 29.6. The molecular formula is C29H19ClF3NO7. The molecule has 4 aromatic rings. The number of hydrogen-bond donors (Lipinski definition) is 0.